The van der Waals surface area contributed by atoms with Gasteiger partial charge in [-0.05, 0) is 38.8 Å². The van der Waals surface area contributed by atoms with Gasteiger partial charge in [0.05, 0.1) is 27.4 Å². The molecule has 0 saturated carbocycles. The van der Waals surface area contributed by atoms with E-state index in [0.717, 1.165) is 25.9 Å². The van der Waals surface area contributed by atoms with Crippen LogP contribution in [0.1, 0.15) is 35.8 Å². The van der Waals surface area contributed by atoms with Crippen LogP contribution in [0.2, 0.25) is 10.0 Å². The topological polar surface area (TPSA) is 79.6 Å². The molecule has 2 N–H and O–H groups in total. The van der Waals surface area contributed by atoms with E-state index in [2.05, 4.69) is 15.3 Å². The molecule has 3 rings (SSSR count). The third-order valence-electron chi connectivity index (χ3n) is 5.21. The lowest BCUT2D eigenvalue weighted by atomic mass is 10.1. The number of hydrogen-bond acceptors (Lipinski definition) is 5. The van der Waals surface area contributed by atoms with E-state index in [0.29, 0.717) is 40.1 Å². The number of nitrogens with one attached hydrogen (secondary N) is 1. The quantitative estimate of drug-likeness (QED) is 0.640. The maximum atomic E-state index is 12.3. The highest BCUT2D eigenvalue weighted by Crippen LogP contribution is 2.28. The molecule has 1 amide bonds. The van der Waals surface area contributed by atoms with E-state index in [9.17, 15) is 9.90 Å². The molecule has 0 radical (unpaired) electrons. The van der Waals surface area contributed by atoms with Crippen LogP contribution in [0, 0.1) is 6.92 Å². The molecule has 30 heavy (non-hydrogen) atoms. The molecular formula is C21H28Cl2N4O3. The minimum Gasteiger partial charge on any atom is -0.490 e. The average molecular weight is 455 g/mol. The molecular weight excluding hydrogens is 427 g/mol. The van der Waals surface area contributed by atoms with Crippen molar-refractivity contribution in [2.45, 2.75) is 45.4 Å². The normalized spacial score (nSPS) is 16.4. The number of amides is 1. The fourth-order valence-corrected chi connectivity index (χ4v) is 3.81. The third-order valence-corrected chi connectivity index (χ3v) is 5.95. The smallest absolute Gasteiger partial charge is 0.254 e. The highest BCUT2D eigenvalue weighted by Gasteiger charge is 2.23. The number of piperidine rings is 1. The number of ether oxygens (including phenoxy) is 1. The van der Waals surface area contributed by atoms with Crippen LogP contribution in [0.25, 0.3) is 0 Å². The number of aliphatic hydroxyl groups excluding tert-OH is 1. The predicted molar refractivity (Wildman–Crippen MR) is 118 cm³/mol. The monoisotopic (exact) mass is 454 g/mol. The Balaban J connectivity index is 1.39. The van der Waals surface area contributed by atoms with Gasteiger partial charge in [-0.1, -0.05) is 23.2 Å². The Bertz CT molecular complexity index is 866. The number of nitrogens with zero attached hydrogens (tertiary/aromatic N) is 3. The fraction of sp³-hybridized carbons (Fsp3) is 0.524. The highest BCUT2D eigenvalue weighted by atomic mass is 35.5. The molecule has 7 nitrogen and oxygen atoms in total. The number of β-amino-alcohol motifs (C(OH)–C–C–N with tert-alkyl or cyclic N) is 1. The predicted octanol–water partition coefficient (Wildman–Crippen LogP) is 3.15. The first-order chi connectivity index (χ1) is 14.4. The largest absolute Gasteiger partial charge is 0.490 e. The van der Waals surface area contributed by atoms with Gasteiger partial charge in [-0.3, -0.25) is 9.48 Å². The van der Waals surface area contributed by atoms with Crippen LogP contribution in [0.5, 0.6) is 5.75 Å². The maximum absolute atomic E-state index is 12.3. The van der Waals surface area contributed by atoms with Crippen LogP contribution in [0.4, 0.5) is 0 Å². The number of benzene rings is 1. The van der Waals surface area contributed by atoms with Crippen molar-refractivity contribution in [3.63, 3.8) is 0 Å². The third kappa shape index (κ3) is 6.11. The first-order valence-electron chi connectivity index (χ1n) is 10.2. The van der Waals surface area contributed by atoms with Crippen molar-refractivity contribution in [2.24, 2.45) is 0 Å². The van der Waals surface area contributed by atoms with Gasteiger partial charge in [0.15, 0.2) is 0 Å². The second-order valence-corrected chi connectivity index (χ2v) is 8.36. The number of aryl methyl sites for hydroxylation is 2. The van der Waals surface area contributed by atoms with Gasteiger partial charge in [0.1, 0.15) is 11.9 Å². The Morgan fingerprint density at radius 3 is 2.70 bits per heavy atom. The van der Waals surface area contributed by atoms with E-state index in [1.54, 1.807) is 23.0 Å². The summed E-state index contributed by atoms with van der Waals surface area (Å²) in [5, 5.41) is 18.4. The molecule has 0 unspecified atom stereocenters. The van der Waals surface area contributed by atoms with Crippen molar-refractivity contribution in [3.05, 3.63) is 45.7 Å². The number of carbonyl (C=O) groups is 1. The van der Waals surface area contributed by atoms with Gasteiger partial charge in [-0.15, -0.1) is 0 Å². The number of likely N-dealkylation sites (tertiary alicyclic amines) is 1. The van der Waals surface area contributed by atoms with Gasteiger partial charge in [0.2, 0.25) is 0 Å². The number of hydrogen-bond donors (Lipinski definition) is 2. The zero-order valence-corrected chi connectivity index (χ0v) is 18.8. The average Bonchev–Trinajstić information content (AvgIpc) is 3.11. The van der Waals surface area contributed by atoms with E-state index in [1.165, 1.54) is 0 Å². The first kappa shape index (κ1) is 22.9. The standard InChI is InChI=1S/C21H28Cl2N4O3/c1-3-27-13-18(14(2)25-27)21(29)24-11-15(28)12-26-8-6-16(7-9-26)30-17-4-5-19(22)20(23)10-17/h4-5,10,13,15-16,28H,3,6-9,11-12H2,1-2H3,(H,24,29)/t15-/m1/s1. The van der Waals surface area contributed by atoms with Crippen molar-refractivity contribution in [3.8, 4) is 5.75 Å². The van der Waals surface area contributed by atoms with E-state index in [4.69, 9.17) is 27.9 Å². The molecule has 9 heteroatoms. The summed E-state index contributed by atoms with van der Waals surface area (Å²) < 4.78 is 7.72. The van der Waals surface area contributed by atoms with Gasteiger partial charge in [-0.2, -0.15) is 5.10 Å². The first-order valence-corrected chi connectivity index (χ1v) is 11.0. The van der Waals surface area contributed by atoms with E-state index < -0.39 is 6.10 Å². The molecule has 1 aromatic heterocycles. The number of aliphatic hydroxyl groups is 1. The summed E-state index contributed by atoms with van der Waals surface area (Å²) in [5.41, 5.74) is 1.23. The molecule has 1 aromatic carbocycles. The molecule has 1 aliphatic rings. The van der Waals surface area contributed by atoms with E-state index >= 15 is 0 Å². The lowest BCUT2D eigenvalue weighted by Crippen LogP contribution is -2.45. The highest BCUT2D eigenvalue weighted by molar-refractivity contribution is 6.42. The Kier molecular flexibility index (Phi) is 7.99. The summed E-state index contributed by atoms with van der Waals surface area (Å²) in [7, 11) is 0. The number of rotatable bonds is 8. The molecule has 2 aromatic rings. The number of aromatic nitrogens is 2. The summed E-state index contributed by atoms with van der Waals surface area (Å²) >= 11 is 12.0. The second kappa shape index (κ2) is 10.5. The second-order valence-electron chi connectivity index (χ2n) is 7.54. The van der Waals surface area contributed by atoms with Crippen LogP contribution in [0.15, 0.2) is 24.4 Å². The van der Waals surface area contributed by atoms with Gasteiger partial charge in [-0.25, -0.2) is 0 Å². The molecule has 0 spiro atoms. The van der Waals surface area contributed by atoms with Gasteiger partial charge < -0.3 is 20.1 Å². The summed E-state index contributed by atoms with van der Waals surface area (Å²) in [6.07, 6.45) is 2.91. The molecule has 2 heterocycles. The number of carbonyl (C=O) groups excluding carboxylic acids is 1. The molecule has 1 aliphatic heterocycles. The Morgan fingerprint density at radius 1 is 1.33 bits per heavy atom. The van der Waals surface area contributed by atoms with E-state index in [1.807, 2.05) is 19.9 Å². The Labute approximate surface area is 186 Å². The maximum Gasteiger partial charge on any atom is 0.254 e. The lowest BCUT2D eigenvalue weighted by molar-refractivity contribution is 0.0594. The molecule has 1 fully saturated rings. The SMILES string of the molecule is CCn1cc(C(=O)NC[C@@H](O)CN2CCC(Oc3ccc(Cl)c(Cl)c3)CC2)c(C)n1. The van der Waals surface area contributed by atoms with Crippen molar-refractivity contribution >= 4 is 29.1 Å². The Hall–Kier alpha value is -1.80. The van der Waals surface area contributed by atoms with Crippen LogP contribution in [-0.2, 0) is 6.54 Å². The van der Waals surface area contributed by atoms with Crippen molar-refractivity contribution in [2.75, 3.05) is 26.2 Å². The molecule has 1 atom stereocenters. The van der Waals surface area contributed by atoms with Gasteiger partial charge in [0, 0.05) is 45.0 Å². The van der Waals surface area contributed by atoms with Crippen LogP contribution < -0.4 is 10.1 Å². The van der Waals surface area contributed by atoms with Gasteiger partial charge in [0.25, 0.3) is 5.91 Å². The molecule has 1 saturated heterocycles. The molecule has 164 valence electrons. The molecule has 0 aliphatic carbocycles. The van der Waals surface area contributed by atoms with E-state index in [-0.39, 0.29) is 18.6 Å². The summed E-state index contributed by atoms with van der Waals surface area (Å²) in [4.78, 5) is 14.5. The van der Waals surface area contributed by atoms with Crippen molar-refractivity contribution in [1.29, 1.82) is 0 Å². The number of halogens is 2. The van der Waals surface area contributed by atoms with Crippen molar-refractivity contribution < 1.29 is 14.6 Å². The minimum atomic E-state index is -0.636. The van der Waals surface area contributed by atoms with Crippen LogP contribution >= 0.6 is 23.2 Å². The summed E-state index contributed by atoms with van der Waals surface area (Å²) in [6, 6.07) is 5.28. The van der Waals surface area contributed by atoms with Crippen LogP contribution in [-0.4, -0.2) is 64.1 Å². The summed E-state index contributed by atoms with van der Waals surface area (Å²) in [5.74, 6) is 0.507. The van der Waals surface area contributed by atoms with Crippen molar-refractivity contribution in [1.82, 2.24) is 20.0 Å². The lowest BCUT2D eigenvalue weighted by Gasteiger charge is -2.33. The molecule has 0 bridgehead atoms. The van der Waals surface area contributed by atoms with Crippen LogP contribution in [0.3, 0.4) is 0 Å². The Morgan fingerprint density at radius 2 is 2.07 bits per heavy atom. The minimum absolute atomic E-state index is 0.105. The summed E-state index contributed by atoms with van der Waals surface area (Å²) in [6.45, 7) is 6.83. The van der Waals surface area contributed by atoms with Gasteiger partial charge >= 0.3 is 0 Å². The zero-order chi connectivity index (χ0) is 21.7. The fourth-order valence-electron chi connectivity index (χ4n) is 3.52. The zero-order valence-electron chi connectivity index (χ0n) is 17.3.